The molecule has 230 valence electrons. The summed E-state index contributed by atoms with van der Waals surface area (Å²) in [6.45, 7) is -2.17. The van der Waals surface area contributed by atoms with Gasteiger partial charge in [-0.05, 0) is 90.4 Å². The van der Waals surface area contributed by atoms with E-state index in [1.807, 2.05) is 90.4 Å². The average Bonchev–Trinajstić information content (AvgIpc) is 2.92. The molecule has 8 unspecified atom stereocenters. The topological polar surface area (TPSA) is 260 Å². The van der Waals surface area contributed by atoms with Gasteiger partial charge >= 0.3 is 0 Å². The molecule has 1 rings (SSSR count). The summed E-state index contributed by atoms with van der Waals surface area (Å²) in [4.78, 5) is 25.9. The predicted octanol–water partition coefficient (Wildman–Crippen LogP) is -2.78. The van der Waals surface area contributed by atoms with E-state index in [1.165, 1.54) is 0 Å². The lowest BCUT2D eigenvalue weighted by atomic mass is 10.0. The van der Waals surface area contributed by atoms with Gasteiger partial charge in [0.1, 0.15) is 12.2 Å². The summed E-state index contributed by atoms with van der Waals surface area (Å²) in [5.41, 5.74) is 0.371. The van der Waals surface area contributed by atoms with Crippen LogP contribution in [0.1, 0.15) is 33.6 Å². The van der Waals surface area contributed by atoms with Crippen molar-refractivity contribution in [3.63, 3.8) is 0 Å². The Morgan fingerprint density at radius 1 is 0.550 bits per heavy atom. The SMILES string of the molecule is O=C(NCC(O)C(O)C(O)CC(O)CO)c1c(I)c(I)c(C(=O)NCC(O)C(O)C(O)CC(O)CO)c(I)c1I. The molecule has 0 aromatic heterocycles. The first-order valence-electron chi connectivity index (χ1n) is 11.7. The van der Waals surface area contributed by atoms with Crippen molar-refractivity contribution in [3.8, 4) is 0 Å². The second-order valence-corrected chi connectivity index (χ2v) is 13.1. The minimum atomic E-state index is -1.71. The fourth-order valence-corrected chi connectivity index (χ4v) is 7.51. The van der Waals surface area contributed by atoms with Gasteiger partial charge in [0.2, 0.25) is 0 Å². The Bertz CT molecular complexity index is 901. The third kappa shape index (κ3) is 11.0. The third-order valence-corrected chi connectivity index (χ3v) is 12.1. The van der Waals surface area contributed by atoms with Crippen molar-refractivity contribution in [1.82, 2.24) is 10.6 Å². The van der Waals surface area contributed by atoms with Crippen LogP contribution in [-0.4, -0.2) is 138 Å². The van der Waals surface area contributed by atoms with Crippen LogP contribution in [0.2, 0.25) is 0 Å². The van der Waals surface area contributed by atoms with Gasteiger partial charge in [0, 0.05) is 40.2 Å². The number of hydrogen-bond donors (Lipinski definition) is 12. The van der Waals surface area contributed by atoms with Gasteiger partial charge in [-0.2, -0.15) is 0 Å². The van der Waals surface area contributed by atoms with E-state index in [0.29, 0.717) is 14.3 Å². The fraction of sp³-hybridized carbons (Fsp3) is 0.636. The molecule has 1 aromatic carbocycles. The van der Waals surface area contributed by atoms with Crippen molar-refractivity contribution in [1.29, 1.82) is 0 Å². The van der Waals surface area contributed by atoms with Crippen molar-refractivity contribution in [2.24, 2.45) is 0 Å². The Morgan fingerprint density at radius 2 is 0.825 bits per heavy atom. The van der Waals surface area contributed by atoms with Crippen LogP contribution in [0.3, 0.4) is 0 Å². The monoisotopic (exact) mass is 1020 g/mol. The van der Waals surface area contributed by atoms with Gasteiger partial charge in [0.05, 0.1) is 61.0 Å². The van der Waals surface area contributed by atoms with E-state index in [4.69, 9.17) is 10.2 Å². The summed E-state index contributed by atoms with van der Waals surface area (Å²) >= 11 is 7.48. The van der Waals surface area contributed by atoms with Crippen LogP contribution in [0.5, 0.6) is 0 Å². The molecule has 0 heterocycles. The number of carbonyl (C=O) groups is 2. The first-order chi connectivity index (χ1) is 18.6. The number of carbonyl (C=O) groups excluding carboxylic acids is 2. The van der Waals surface area contributed by atoms with Crippen molar-refractivity contribution in [2.45, 2.75) is 61.7 Å². The average molecular weight is 1020 g/mol. The van der Waals surface area contributed by atoms with E-state index >= 15 is 0 Å². The molecule has 2 amide bonds. The van der Waals surface area contributed by atoms with Crippen molar-refractivity contribution >= 4 is 102 Å². The number of rotatable bonds is 16. The Balaban J connectivity index is 2.96. The molecule has 1 aromatic rings. The molecule has 0 aliphatic rings. The maximum Gasteiger partial charge on any atom is 0.253 e. The molecule has 0 fully saturated rings. The second-order valence-electron chi connectivity index (χ2n) is 8.82. The van der Waals surface area contributed by atoms with E-state index < -0.39 is 86.9 Å². The molecule has 8 atom stereocenters. The summed E-state index contributed by atoms with van der Waals surface area (Å²) < 4.78 is 1.56. The molecule has 18 heteroatoms. The highest BCUT2D eigenvalue weighted by Gasteiger charge is 2.31. The van der Waals surface area contributed by atoms with Crippen LogP contribution in [0.4, 0.5) is 0 Å². The number of hydrogen-bond acceptors (Lipinski definition) is 12. The molecule has 12 N–H and O–H groups in total. The van der Waals surface area contributed by atoms with Crippen LogP contribution in [0, 0.1) is 14.3 Å². The van der Waals surface area contributed by atoms with Gasteiger partial charge in [0.25, 0.3) is 11.8 Å². The number of halogens is 4. The second kappa shape index (κ2) is 18.5. The molecule has 0 radical (unpaired) electrons. The lowest BCUT2D eigenvalue weighted by Crippen LogP contribution is -2.46. The van der Waals surface area contributed by atoms with E-state index in [9.17, 15) is 50.4 Å². The number of nitrogens with one attached hydrogen (secondary N) is 2. The van der Waals surface area contributed by atoms with E-state index in [-0.39, 0.29) is 24.0 Å². The number of aliphatic hydroxyl groups excluding tert-OH is 10. The molecule has 14 nitrogen and oxygen atoms in total. The van der Waals surface area contributed by atoms with Gasteiger partial charge in [-0.25, -0.2) is 0 Å². The smallest absolute Gasteiger partial charge is 0.253 e. The van der Waals surface area contributed by atoms with Gasteiger partial charge in [-0.15, -0.1) is 0 Å². The summed E-state index contributed by atoms with van der Waals surface area (Å²) in [5, 5.41) is 102. The largest absolute Gasteiger partial charge is 0.394 e. The minimum absolute atomic E-state index is 0.186. The zero-order valence-electron chi connectivity index (χ0n) is 20.7. The van der Waals surface area contributed by atoms with E-state index in [1.54, 1.807) is 0 Å². The minimum Gasteiger partial charge on any atom is -0.394 e. The van der Waals surface area contributed by atoms with Crippen LogP contribution in [-0.2, 0) is 0 Å². The summed E-state index contributed by atoms with van der Waals surface area (Å²) in [6.07, 6.45) is -13.1. The molecule has 0 spiro atoms. The first-order valence-corrected chi connectivity index (χ1v) is 16.0. The Hall–Kier alpha value is 0.680. The highest BCUT2D eigenvalue weighted by Crippen LogP contribution is 2.33. The molecular weight excluding hydrogens is 992 g/mol. The predicted molar refractivity (Wildman–Crippen MR) is 173 cm³/mol. The van der Waals surface area contributed by atoms with Crippen LogP contribution in [0.15, 0.2) is 0 Å². The van der Waals surface area contributed by atoms with Crippen LogP contribution < -0.4 is 10.6 Å². The number of amides is 2. The quantitative estimate of drug-likeness (QED) is 0.0594. The van der Waals surface area contributed by atoms with Crippen molar-refractivity contribution in [3.05, 3.63) is 25.4 Å². The number of aliphatic hydroxyl groups is 10. The third-order valence-electron chi connectivity index (χ3n) is 5.69. The van der Waals surface area contributed by atoms with Gasteiger partial charge in [-0.1, -0.05) is 0 Å². The molecule has 0 bridgehead atoms. The molecular formula is C22H32I4N2O12. The summed E-state index contributed by atoms with van der Waals surface area (Å²) in [5.74, 6) is -1.27. The molecule has 0 saturated carbocycles. The van der Waals surface area contributed by atoms with Crippen molar-refractivity contribution in [2.75, 3.05) is 26.3 Å². The van der Waals surface area contributed by atoms with E-state index in [0.717, 1.165) is 0 Å². The maximum absolute atomic E-state index is 13.0. The highest BCUT2D eigenvalue weighted by molar-refractivity contribution is 14.1. The Morgan fingerprint density at radius 3 is 1.07 bits per heavy atom. The molecule has 0 aliphatic heterocycles. The maximum atomic E-state index is 13.0. The zero-order valence-corrected chi connectivity index (χ0v) is 29.3. The van der Waals surface area contributed by atoms with Crippen LogP contribution in [0.25, 0.3) is 0 Å². The van der Waals surface area contributed by atoms with Crippen molar-refractivity contribution < 1.29 is 60.7 Å². The van der Waals surface area contributed by atoms with Crippen LogP contribution >= 0.6 is 90.4 Å². The standard InChI is InChI=1S/C22H32I4N2O12/c23-15-13(21(39)27-3-11(35)19(37)9(33)1-7(31)5-29)16(24)18(26)14(17(15)25)22(40)28-4-12(36)20(38)10(34)2-8(32)6-30/h7-12,19-20,29-38H,1-6H2,(H,27,39)(H,28,40). The summed E-state index contributed by atoms with van der Waals surface area (Å²) in [6, 6.07) is 0. The molecule has 40 heavy (non-hydrogen) atoms. The number of benzene rings is 1. The van der Waals surface area contributed by atoms with Gasteiger partial charge in [-0.3, -0.25) is 9.59 Å². The van der Waals surface area contributed by atoms with Gasteiger partial charge in [0.15, 0.2) is 0 Å². The lowest BCUT2D eigenvalue weighted by molar-refractivity contribution is -0.0759. The van der Waals surface area contributed by atoms with Gasteiger partial charge < -0.3 is 61.7 Å². The molecule has 0 saturated heterocycles. The zero-order chi connectivity index (χ0) is 30.9. The first kappa shape index (κ1) is 38.7. The highest BCUT2D eigenvalue weighted by atomic mass is 127. The normalized spacial score (nSPS) is 17.8. The summed E-state index contributed by atoms with van der Waals surface area (Å²) in [7, 11) is 0. The Labute approximate surface area is 284 Å². The lowest BCUT2D eigenvalue weighted by Gasteiger charge is -2.25. The fourth-order valence-electron chi connectivity index (χ4n) is 3.34. The Kier molecular flexibility index (Phi) is 17.9. The molecule has 0 aliphatic carbocycles. The van der Waals surface area contributed by atoms with E-state index in [2.05, 4.69) is 10.6 Å².